The lowest BCUT2D eigenvalue weighted by Gasteiger charge is -1.84. The maximum atomic E-state index is 10.2. The molecule has 0 fully saturated rings. The molecule has 0 radical (unpaired) electrons. The van der Waals surface area contributed by atoms with Gasteiger partial charge in [-0.3, -0.25) is 4.79 Å². The van der Waals surface area contributed by atoms with Crippen molar-refractivity contribution in [1.82, 2.24) is 0 Å². The van der Waals surface area contributed by atoms with Gasteiger partial charge in [-0.15, -0.1) is 5.73 Å². The molecule has 0 rings (SSSR count). The van der Waals surface area contributed by atoms with E-state index in [1.807, 2.05) is 6.08 Å². The first-order chi connectivity index (χ1) is 9.27. The van der Waals surface area contributed by atoms with Crippen molar-refractivity contribution in [2.75, 3.05) is 0 Å². The monoisotopic (exact) mass is 260 g/mol. The lowest BCUT2D eigenvalue weighted by Crippen LogP contribution is -1.91. The molecular formula is C17H24O2. The predicted molar refractivity (Wildman–Crippen MR) is 81.1 cm³/mol. The lowest BCUT2D eigenvalue weighted by atomic mass is 10.2. The second-order valence-corrected chi connectivity index (χ2v) is 4.04. The topological polar surface area (TPSA) is 37.3 Å². The first-order valence-corrected chi connectivity index (χ1v) is 6.83. The van der Waals surface area contributed by atoms with Crippen molar-refractivity contribution in [2.45, 2.75) is 45.4 Å². The Morgan fingerprint density at radius 3 is 2.11 bits per heavy atom. The average Bonchev–Trinajstić information content (AvgIpc) is 2.39. The molecule has 0 unspecified atom stereocenters. The average molecular weight is 260 g/mol. The molecule has 104 valence electrons. The predicted octanol–water partition coefficient (Wildman–Crippen LogP) is 4.81. The van der Waals surface area contributed by atoms with Crippen LogP contribution in [0.1, 0.15) is 45.4 Å². The van der Waals surface area contributed by atoms with Crippen molar-refractivity contribution in [2.24, 2.45) is 0 Å². The van der Waals surface area contributed by atoms with Gasteiger partial charge in [0.05, 0.1) is 0 Å². The van der Waals surface area contributed by atoms with E-state index in [9.17, 15) is 4.79 Å². The standard InChI is InChI=1S/C17H24O2/c1-2-3-4-5-6-7-8-9-10-11-12-13-14-15-16-17(18)19/h3-4,6-7,9-10,12,14H,2,5,8,11,15-16H2,1H3,(H,18,19)/b4-3-,7-6-,10-9-. The zero-order chi connectivity index (χ0) is 14.2. The fourth-order valence-electron chi connectivity index (χ4n) is 1.30. The smallest absolute Gasteiger partial charge is 0.303 e. The third kappa shape index (κ3) is 16.2. The lowest BCUT2D eigenvalue weighted by molar-refractivity contribution is -0.136. The summed E-state index contributed by atoms with van der Waals surface area (Å²) in [6.07, 6.45) is 21.2. The number of carboxylic acid groups (broad SMARTS) is 1. The summed E-state index contributed by atoms with van der Waals surface area (Å²) < 4.78 is 0. The van der Waals surface area contributed by atoms with E-state index in [4.69, 9.17) is 5.11 Å². The Morgan fingerprint density at radius 2 is 1.53 bits per heavy atom. The van der Waals surface area contributed by atoms with Crippen LogP contribution in [-0.2, 0) is 4.79 Å². The Hall–Kier alpha value is -1.79. The molecule has 2 nitrogen and oxygen atoms in total. The van der Waals surface area contributed by atoms with E-state index in [0.29, 0.717) is 6.42 Å². The largest absolute Gasteiger partial charge is 0.481 e. The molecule has 0 saturated carbocycles. The minimum Gasteiger partial charge on any atom is -0.481 e. The van der Waals surface area contributed by atoms with Gasteiger partial charge >= 0.3 is 5.97 Å². The summed E-state index contributed by atoms with van der Waals surface area (Å²) in [7, 11) is 0. The molecule has 2 heteroatoms. The fraction of sp³-hybridized carbons (Fsp3) is 0.412. The molecule has 0 aliphatic carbocycles. The van der Waals surface area contributed by atoms with Crippen LogP contribution in [0.2, 0.25) is 0 Å². The molecule has 0 aromatic heterocycles. The third-order valence-electron chi connectivity index (χ3n) is 2.27. The molecule has 0 aromatic carbocycles. The van der Waals surface area contributed by atoms with Crippen LogP contribution in [0.3, 0.4) is 0 Å². The number of aliphatic carboxylic acids is 1. The molecule has 0 saturated heterocycles. The number of carboxylic acids is 1. The number of carbonyl (C=O) groups is 1. The van der Waals surface area contributed by atoms with Gasteiger partial charge < -0.3 is 5.11 Å². The zero-order valence-electron chi connectivity index (χ0n) is 11.7. The van der Waals surface area contributed by atoms with Crippen LogP contribution in [0.5, 0.6) is 0 Å². The van der Waals surface area contributed by atoms with E-state index in [2.05, 4.69) is 49.1 Å². The Kier molecular flexibility index (Phi) is 12.9. The summed E-state index contributed by atoms with van der Waals surface area (Å²) in [5.41, 5.74) is 2.97. The van der Waals surface area contributed by atoms with E-state index in [1.54, 1.807) is 6.08 Å². The maximum Gasteiger partial charge on any atom is 0.303 e. The van der Waals surface area contributed by atoms with Gasteiger partial charge in [0.15, 0.2) is 0 Å². The van der Waals surface area contributed by atoms with Crippen LogP contribution in [0.25, 0.3) is 0 Å². The number of allylic oxidation sites excluding steroid dienone is 7. The SMILES string of the molecule is CC/C=C\C/C=C\C/C=C\CC=C=CCCC(=O)O. The number of hydrogen-bond acceptors (Lipinski definition) is 1. The van der Waals surface area contributed by atoms with Crippen molar-refractivity contribution in [3.05, 3.63) is 54.3 Å². The van der Waals surface area contributed by atoms with Crippen LogP contribution in [0.15, 0.2) is 54.3 Å². The molecule has 19 heavy (non-hydrogen) atoms. The summed E-state index contributed by atoms with van der Waals surface area (Å²) in [5.74, 6) is -0.765. The van der Waals surface area contributed by atoms with Gasteiger partial charge in [0.1, 0.15) is 0 Å². The minimum absolute atomic E-state index is 0.175. The molecule has 0 spiro atoms. The van der Waals surface area contributed by atoms with E-state index in [1.165, 1.54) is 0 Å². The summed E-state index contributed by atoms with van der Waals surface area (Å²) in [6.45, 7) is 2.13. The summed E-state index contributed by atoms with van der Waals surface area (Å²) in [4.78, 5) is 10.2. The van der Waals surface area contributed by atoms with Crippen molar-refractivity contribution < 1.29 is 9.90 Å². The quantitative estimate of drug-likeness (QED) is 0.452. The number of rotatable bonds is 10. The highest BCUT2D eigenvalue weighted by Gasteiger charge is 1.90. The van der Waals surface area contributed by atoms with Gasteiger partial charge in [0.2, 0.25) is 0 Å². The highest BCUT2D eigenvalue weighted by Crippen LogP contribution is 1.94. The van der Waals surface area contributed by atoms with Crippen molar-refractivity contribution in [3.63, 3.8) is 0 Å². The van der Waals surface area contributed by atoms with Crippen molar-refractivity contribution in [1.29, 1.82) is 0 Å². The molecule has 1 N–H and O–H groups in total. The summed E-state index contributed by atoms with van der Waals surface area (Å²) >= 11 is 0. The van der Waals surface area contributed by atoms with Crippen molar-refractivity contribution in [3.8, 4) is 0 Å². The van der Waals surface area contributed by atoms with E-state index < -0.39 is 5.97 Å². The normalized spacial score (nSPS) is 11.2. The molecule has 0 aliphatic rings. The molecule has 0 aromatic rings. The molecule has 0 amide bonds. The van der Waals surface area contributed by atoms with E-state index in [0.717, 1.165) is 25.7 Å². The van der Waals surface area contributed by atoms with Gasteiger partial charge in [-0.2, -0.15) is 0 Å². The van der Waals surface area contributed by atoms with Crippen LogP contribution in [-0.4, -0.2) is 11.1 Å². The van der Waals surface area contributed by atoms with Crippen LogP contribution in [0, 0.1) is 0 Å². The fourth-order valence-corrected chi connectivity index (χ4v) is 1.30. The van der Waals surface area contributed by atoms with Gasteiger partial charge in [0.25, 0.3) is 0 Å². The second-order valence-electron chi connectivity index (χ2n) is 4.04. The first kappa shape index (κ1) is 17.2. The van der Waals surface area contributed by atoms with Crippen molar-refractivity contribution >= 4 is 5.97 Å². The maximum absolute atomic E-state index is 10.2. The molecule has 0 atom stereocenters. The minimum atomic E-state index is -0.765. The zero-order valence-corrected chi connectivity index (χ0v) is 11.7. The molecule has 0 heterocycles. The first-order valence-electron chi connectivity index (χ1n) is 6.83. The van der Waals surface area contributed by atoms with Crippen LogP contribution in [0.4, 0.5) is 0 Å². The highest BCUT2D eigenvalue weighted by atomic mass is 16.4. The Labute approximate surface area is 116 Å². The van der Waals surface area contributed by atoms with E-state index >= 15 is 0 Å². The Balaban J connectivity index is 3.55. The van der Waals surface area contributed by atoms with Gasteiger partial charge in [-0.05, 0) is 44.3 Å². The molecule has 0 bridgehead atoms. The summed E-state index contributed by atoms with van der Waals surface area (Å²) in [6, 6.07) is 0. The van der Waals surface area contributed by atoms with Gasteiger partial charge in [0, 0.05) is 6.42 Å². The van der Waals surface area contributed by atoms with Gasteiger partial charge in [-0.25, -0.2) is 0 Å². The van der Waals surface area contributed by atoms with Crippen LogP contribution >= 0.6 is 0 Å². The molecule has 0 aliphatic heterocycles. The van der Waals surface area contributed by atoms with E-state index in [-0.39, 0.29) is 6.42 Å². The van der Waals surface area contributed by atoms with Gasteiger partial charge in [-0.1, -0.05) is 43.4 Å². The number of hydrogen-bond donors (Lipinski definition) is 1. The highest BCUT2D eigenvalue weighted by molar-refractivity contribution is 5.66. The Bertz CT molecular complexity index is 367. The third-order valence-corrected chi connectivity index (χ3v) is 2.27. The molecular weight excluding hydrogens is 236 g/mol. The Morgan fingerprint density at radius 1 is 0.947 bits per heavy atom. The van der Waals surface area contributed by atoms with Crippen LogP contribution < -0.4 is 0 Å². The second kappa shape index (κ2) is 14.3. The summed E-state index contributed by atoms with van der Waals surface area (Å²) in [5, 5.41) is 8.42.